The SMILES string of the molecule is C=C/C=C\C(=C/C)N1C(=O)/C(=C/c2cc(OC)c(OCc3ccccc3)cc2Br)C(=O)N=C1SCC(=O)NC(c1ccccc1)c1ccccc1. The molecule has 4 aromatic rings. The average molecular weight is 763 g/mol. The lowest BCUT2D eigenvalue weighted by Gasteiger charge is -2.28. The summed E-state index contributed by atoms with van der Waals surface area (Å²) in [6.07, 6.45) is 8.14. The van der Waals surface area contributed by atoms with Gasteiger partial charge in [-0.05, 0) is 53.5 Å². The van der Waals surface area contributed by atoms with Crippen LogP contribution in [0, 0.1) is 0 Å². The van der Waals surface area contributed by atoms with E-state index in [2.05, 4.69) is 32.8 Å². The number of allylic oxidation sites excluding steroid dienone is 4. The van der Waals surface area contributed by atoms with Gasteiger partial charge in [-0.1, -0.05) is 143 Å². The van der Waals surface area contributed by atoms with E-state index >= 15 is 0 Å². The van der Waals surface area contributed by atoms with Gasteiger partial charge in [-0.2, -0.15) is 4.99 Å². The standard InChI is InChI=1S/C41H36BrN3O5S/c1-4-6-22-32(5-2)45-40(48)33(23-31-24-35(49-3)36(25-34(31)42)50-26-28-16-10-7-11-17-28)39(47)44-41(45)51-27-37(46)43-38(29-18-12-8-13-19-29)30-20-14-9-15-21-30/h4-25,38H,1,26-27H2,2-3H3,(H,43,46)/b22-6-,32-5+,33-23+. The Hall–Kier alpha value is -5.45. The number of nitrogens with zero attached hydrogens (tertiary/aromatic N) is 2. The molecular formula is C41H36BrN3O5S. The molecule has 1 aliphatic heterocycles. The number of thioether (sulfide) groups is 1. The van der Waals surface area contributed by atoms with Crippen LogP contribution in [0.1, 0.15) is 35.2 Å². The molecule has 3 amide bonds. The Morgan fingerprint density at radius 3 is 2.18 bits per heavy atom. The third-order valence-electron chi connectivity index (χ3n) is 7.73. The van der Waals surface area contributed by atoms with E-state index in [1.165, 1.54) is 18.1 Å². The van der Waals surface area contributed by atoms with Crippen LogP contribution < -0.4 is 14.8 Å². The number of ether oxygens (including phenoxy) is 2. The third kappa shape index (κ3) is 9.42. The van der Waals surface area contributed by atoms with Crippen LogP contribution >= 0.6 is 27.7 Å². The van der Waals surface area contributed by atoms with Crippen LogP contribution in [-0.4, -0.2) is 40.7 Å². The molecule has 0 bridgehead atoms. The van der Waals surface area contributed by atoms with Gasteiger partial charge < -0.3 is 14.8 Å². The number of aliphatic imine (C=N–C) groups is 1. The first-order valence-corrected chi connectivity index (χ1v) is 17.8. The van der Waals surface area contributed by atoms with E-state index in [0.717, 1.165) is 28.5 Å². The number of carbonyl (C=O) groups is 3. The lowest BCUT2D eigenvalue weighted by Crippen LogP contribution is -2.42. The third-order valence-corrected chi connectivity index (χ3v) is 9.36. The zero-order chi connectivity index (χ0) is 36.2. The molecule has 51 heavy (non-hydrogen) atoms. The van der Waals surface area contributed by atoms with Gasteiger partial charge >= 0.3 is 0 Å². The highest BCUT2D eigenvalue weighted by atomic mass is 79.9. The molecule has 0 saturated heterocycles. The summed E-state index contributed by atoms with van der Waals surface area (Å²) >= 11 is 4.57. The number of methoxy groups -OCH3 is 1. The molecule has 1 heterocycles. The van der Waals surface area contributed by atoms with Crippen molar-refractivity contribution >= 4 is 56.7 Å². The molecule has 0 aliphatic carbocycles. The maximum Gasteiger partial charge on any atom is 0.285 e. The molecule has 5 rings (SSSR count). The Balaban J connectivity index is 1.41. The normalized spacial score (nSPS) is 14.2. The lowest BCUT2D eigenvalue weighted by molar-refractivity contribution is -0.126. The second-order valence-corrected chi connectivity index (χ2v) is 12.9. The predicted octanol–water partition coefficient (Wildman–Crippen LogP) is 8.43. The Bertz CT molecular complexity index is 1970. The lowest BCUT2D eigenvalue weighted by atomic mass is 9.99. The fourth-order valence-electron chi connectivity index (χ4n) is 5.22. The van der Waals surface area contributed by atoms with Crippen LogP contribution in [0.25, 0.3) is 6.08 Å². The number of hydrogen-bond donors (Lipinski definition) is 1. The van der Waals surface area contributed by atoms with E-state index < -0.39 is 17.9 Å². The monoisotopic (exact) mass is 761 g/mol. The van der Waals surface area contributed by atoms with Gasteiger partial charge in [0.2, 0.25) is 5.91 Å². The number of hydrogen-bond acceptors (Lipinski definition) is 6. The highest BCUT2D eigenvalue weighted by Gasteiger charge is 2.35. The van der Waals surface area contributed by atoms with E-state index in [0.29, 0.717) is 33.8 Å². The van der Waals surface area contributed by atoms with Crippen LogP contribution in [0.4, 0.5) is 0 Å². The Morgan fingerprint density at radius 1 is 0.961 bits per heavy atom. The molecule has 0 saturated carbocycles. The fraction of sp³-hybridized carbons (Fsp3) is 0.122. The van der Waals surface area contributed by atoms with E-state index in [1.807, 2.05) is 91.0 Å². The van der Waals surface area contributed by atoms with Crippen molar-refractivity contribution in [3.8, 4) is 11.5 Å². The van der Waals surface area contributed by atoms with Crippen LogP contribution in [0.5, 0.6) is 11.5 Å². The quantitative estimate of drug-likeness (QED) is 0.0835. The smallest absolute Gasteiger partial charge is 0.285 e. The number of nitrogens with one attached hydrogen (secondary N) is 1. The second-order valence-electron chi connectivity index (χ2n) is 11.1. The first kappa shape index (κ1) is 36.8. The number of benzene rings is 4. The van der Waals surface area contributed by atoms with Gasteiger partial charge in [0.25, 0.3) is 11.8 Å². The first-order valence-electron chi connectivity index (χ1n) is 16.0. The zero-order valence-corrected chi connectivity index (χ0v) is 30.5. The van der Waals surface area contributed by atoms with Crippen LogP contribution in [0.2, 0.25) is 0 Å². The van der Waals surface area contributed by atoms with Gasteiger partial charge in [0.15, 0.2) is 16.7 Å². The van der Waals surface area contributed by atoms with Gasteiger partial charge in [-0.25, -0.2) is 0 Å². The summed E-state index contributed by atoms with van der Waals surface area (Å²) in [5.74, 6) is -0.811. The minimum absolute atomic E-state index is 0.0800. The maximum absolute atomic E-state index is 14.2. The summed E-state index contributed by atoms with van der Waals surface area (Å²) < 4.78 is 12.2. The van der Waals surface area contributed by atoms with Gasteiger partial charge in [0.05, 0.1) is 18.9 Å². The van der Waals surface area contributed by atoms with E-state index in [1.54, 1.807) is 43.4 Å². The summed E-state index contributed by atoms with van der Waals surface area (Å²) in [4.78, 5) is 46.8. The summed E-state index contributed by atoms with van der Waals surface area (Å²) in [5.41, 5.74) is 3.63. The first-order chi connectivity index (χ1) is 24.8. The summed E-state index contributed by atoms with van der Waals surface area (Å²) in [6, 6.07) is 32.1. The van der Waals surface area contributed by atoms with Crippen molar-refractivity contribution < 1.29 is 23.9 Å². The predicted molar refractivity (Wildman–Crippen MR) is 207 cm³/mol. The van der Waals surface area contributed by atoms with E-state index in [-0.39, 0.29) is 22.4 Å². The summed E-state index contributed by atoms with van der Waals surface area (Å²) in [7, 11) is 1.52. The number of carbonyl (C=O) groups excluding carboxylic acids is 3. The molecule has 258 valence electrons. The van der Waals surface area contributed by atoms with Crippen LogP contribution in [-0.2, 0) is 21.0 Å². The number of halogens is 1. The molecule has 10 heteroatoms. The van der Waals surface area contributed by atoms with Crippen molar-refractivity contribution in [3.05, 3.63) is 172 Å². The van der Waals surface area contributed by atoms with Gasteiger partial charge in [0, 0.05) is 10.2 Å². The summed E-state index contributed by atoms with van der Waals surface area (Å²) in [6.45, 7) is 5.83. The molecule has 0 unspecified atom stereocenters. The largest absolute Gasteiger partial charge is 0.493 e. The summed E-state index contributed by atoms with van der Waals surface area (Å²) in [5, 5.41) is 3.18. The average Bonchev–Trinajstić information content (AvgIpc) is 3.16. The highest BCUT2D eigenvalue weighted by molar-refractivity contribution is 9.10. The van der Waals surface area contributed by atoms with Crippen molar-refractivity contribution in [3.63, 3.8) is 0 Å². The van der Waals surface area contributed by atoms with Gasteiger partial charge in [0.1, 0.15) is 12.2 Å². The Kier molecular flexibility index (Phi) is 13.0. The molecule has 1 N–H and O–H groups in total. The van der Waals surface area contributed by atoms with Crippen molar-refractivity contribution in [1.29, 1.82) is 0 Å². The fourth-order valence-corrected chi connectivity index (χ4v) is 6.46. The highest BCUT2D eigenvalue weighted by Crippen LogP contribution is 2.36. The van der Waals surface area contributed by atoms with Gasteiger partial charge in [-0.3, -0.25) is 19.3 Å². The number of amidine groups is 1. The van der Waals surface area contributed by atoms with Crippen molar-refractivity contribution in [1.82, 2.24) is 10.2 Å². The zero-order valence-electron chi connectivity index (χ0n) is 28.1. The molecule has 0 atom stereocenters. The van der Waals surface area contributed by atoms with Crippen LogP contribution in [0.3, 0.4) is 0 Å². The molecule has 8 nitrogen and oxygen atoms in total. The number of rotatable bonds is 13. The van der Waals surface area contributed by atoms with Crippen molar-refractivity contribution in [2.24, 2.45) is 4.99 Å². The minimum Gasteiger partial charge on any atom is -0.493 e. The van der Waals surface area contributed by atoms with E-state index in [4.69, 9.17) is 9.47 Å². The van der Waals surface area contributed by atoms with Crippen LogP contribution in [0.15, 0.2) is 155 Å². The molecule has 0 spiro atoms. The molecule has 4 aromatic carbocycles. The van der Waals surface area contributed by atoms with Crippen molar-refractivity contribution in [2.75, 3.05) is 12.9 Å². The maximum atomic E-state index is 14.2. The number of amides is 3. The molecule has 1 aliphatic rings. The topological polar surface area (TPSA) is 97.3 Å². The molecule has 0 fully saturated rings. The Labute approximate surface area is 310 Å². The minimum atomic E-state index is -0.732. The second kappa shape index (κ2) is 18.0. The molecule has 0 aromatic heterocycles. The molecule has 0 radical (unpaired) electrons. The Morgan fingerprint density at radius 2 is 1.59 bits per heavy atom. The van der Waals surface area contributed by atoms with Crippen molar-refractivity contribution in [2.45, 2.75) is 19.6 Å². The van der Waals surface area contributed by atoms with E-state index in [9.17, 15) is 14.4 Å². The van der Waals surface area contributed by atoms with Gasteiger partial charge in [-0.15, -0.1) is 0 Å². The molecular weight excluding hydrogens is 726 g/mol.